The van der Waals surface area contributed by atoms with Crippen molar-refractivity contribution in [3.8, 4) is 12.0 Å². The fourth-order valence-corrected chi connectivity index (χ4v) is 2.10. The van der Waals surface area contributed by atoms with Gasteiger partial charge in [0.2, 0.25) is 5.95 Å². The number of anilines is 1. The topological polar surface area (TPSA) is 69.2 Å². The van der Waals surface area contributed by atoms with E-state index in [-0.39, 0.29) is 6.01 Å². The summed E-state index contributed by atoms with van der Waals surface area (Å²) in [5.41, 5.74) is 0. The average molecular weight is 252 g/mol. The summed E-state index contributed by atoms with van der Waals surface area (Å²) in [6.07, 6.45) is 5.08. The Morgan fingerprint density at radius 3 is 2.56 bits per heavy atom. The van der Waals surface area contributed by atoms with Crippen molar-refractivity contribution in [3.63, 3.8) is 0 Å². The minimum absolute atomic E-state index is 0.280. The van der Waals surface area contributed by atoms with Crippen LogP contribution < -0.4 is 14.8 Å². The Labute approximate surface area is 107 Å². The Hall–Kier alpha value is -1.59. The first-order valence-electron chi connectivity index (χ1n) is 6.48. The molecule has 2 rings (SSSR count). The molecule has 0 aromatic carbocycles. The maximum atomic E-state index is 5.64. The molecule has 0 spiro atoms. The van der Waals surface area contributed by atoms with Crippen molar-refractivity contribution in [1.82, 2.24) is 15.0 Å². The number of rotatable bonds is 6. The highest BCUT2D eigenvalue weighted by atomic mass is 16.5. The van der Waals surface area contributed by atoms with Crippen LogP contribution in [0.4, 0.5) is 5.95 Å². The van der Waals surface area contributed by atoms with E-state index in [0.717, 1.165) is 6.54 Å². The van der Waals surface area contributed by atoms with Gasteiger partial charge in [0, 0.05) is 6.54 Å². The average Bonchev–Trinajstić information content (AvgIpc) is 2.89. The van der Waals surface area contributed by atoms with Crippen molar-refractivity contribution in [1.29, 1.82) is 0 Å². The van der Waals surface area contributed by atoms with E-state index in [9.17, 15) is 0 Å². The van der Waals surface area contributed by atoms with Crippen molar-refractivity contribution >= 4 is 5.95 Å². The molecular formula is C12H20N4O2. The number of nitrogens with one attached hydrogen (secondary N) is 1. The van der Waals surface area contributed by atoms with Gasteiger partial charge in [-0.3, -0.25) is 0 Å². The second-order valence-corrected chi connectivity index (χ2v) is 4.42. The number of hydrogen-bond donors (Lipinski definition) is 1. The quantitative estimate of drug-likeness (QED) is 0.833. The molecule has 18 heavy (non-hydrogen) atoms. The van der Waals surface area contributed by atoms with E-state index in [1.165, 1.54) is 32.8 Å². The third-order valence-corrected chi connectivity index (χ3v) is 3.03. The van der Waals surface area contributed by atoms with Crippen molar-refractivity contribution in [2.45, 2.75) is 32.6 Å². The minimum atomic E-state index is 0.280. The van der Waals surface area contributed by atoms with E-state index in [4.69, 9.17) is 9.47 Å². The molecule has 1 aliphatic carbocycles. The Morgan fingerprint density at radius 1 is 1.17 bits per heavy atom. The summed E-state index contributed by atoms with van der Waals surface area (Å²) >= 11 is 0. The zero-order chi connectivity index (χ0) is 12.8. The molecule has 100 valence electrons. The lowest BCUT2D eigenvalue weighted by molar-refractivity contribution is 0.229. The fraction of sp³-hybridized carbons (Fsp3) is 0.750. The van der Waals surface area contributed by atoms with Gasteiger partial charge in [-0.15, -0.1) is 4.98 Å². The molecule has 1 aliphatic rings. The highest BCUT2D eigenvalue weighted by Crippen LogP contribution is 2.25. The summed E-state index contributed by atoms with van der Waals surface area (Å²) in [7, 11) is 1.53. The molecule has 1 fully saturated rings. The summed E-state index contributed by atoms with van der Waals surface area (Å²) in [4.78, 5) is 12.4. The zero-order valence-electron chi connectivity index (χ0n) is 11.0. The largest absolute Gasteiger partial charge is 0.467 e. The summed E-state index contributed by atoms with van der Waals surface area (Å²) in [5.74, 6) is 1.13. The van der Waals surface area contributed by atoms with Gasteiger partial charge in [0.05, 0.1) is 13.7 Å². The Kier molecular flexibility index (Phi) is 4.55. The molecular weight excluding hydrogens is 232 g/mol. The van der Waals surface area contributed by atoms with Crippen molar-refractivity contribution < 1.29 is 9.47 Å². The van der Waals surface area contributed by atoms with Gasteiger partial charge >= 0.3 is 12.0 Å². The van der Waals surface area contributed by atoms with Crippen LogP contribution in [0.3, 0.4) is 0 Å². The first-order valence-corrected chi connectivity index (χ1v) is 6.48. The second-order valence-electron chi connectivity index (χ2n) is 4.42. The summed E-state index contributed by atoms with van der Waals surface area (Å²) in [6.45, 7) is 3.41. The number of nitrogens with zero attached hydrogens (tertiary/aromatic N) is 3. The first kappa shape index (κ1) is 12.9. The lowest BCUT2D eigenvalue weighted by Crippen LogP contribution is -2.12. The molecule has 6 heteroatoms. The predicted molar refractivity (Wildman–Crippen MR) is 68.0 cm³/mol. The molecule has 0 radical (unpaired) electrons. The molecule has 0 bridgehead atoms. The number of methoxy groups -OCH3 is 1. The van der Waals surface area contributed by atoms with E-state index < -0.39 is 0 Å². The number of ether oxygens (including phenoxy) is 2. The highest BCUT2D eigenvalue weighted by molar-refractivity contribution is 5.27. The van der Waals surface area contributed by atoms with Crippen LogP contribution in [0.2, 0.25) is 0 Å². The maximum absolute atomic E-state index is 5.64. The van der Waals surface area contributed by atoms with Gasteiger partial charge in [-0.05, 0) is 25.7 Å². The third-order valence-electron chi connectivity index (χ3n) is 3.03. The Bertz CT molecular complexity index is 380. The van der Waals surface area contributed by atoms with Crippen molar-refractivity contribution in [3.05, 3.63) is 0 Å². The lowest BCUT2D eigenvalue weighted by Gasteiger charge is -2.11. The molecule has 1 heterocycles. The lowest BCUT2D eigenvalue weighted by atomic mass is 10.1. The molecule has 0 unspecified atom stereocenters. The molecule has 0 amide bonds. The van der Waals surface area contributed by atoms with Gasteiger partial charge in [0.25, 0.3) is 0 Å². The number of hydrogen-bond acceptors (Lipinski definition) is 6. The standard InChI is InChI=1S/C12H20N4O2/c1-3-13-10-14-11(17-2)16-12(15-10)18-8-9-6-4-5-7-9/h9H,3-8H2,1-2H3,(H,13,14,15,16). The van der Waals surface area contributed by atoms with Crippen molar-refractivity contribution in [2.75, 3.05) is 25.6 Å². The van der Waals surface area contributed by atoms with Gasteiger partial charge in [0.15, 0.2) is 0 Å². The van der Waals surface area contributed by atoms with Gasteiger partial charge in [-0.2, -0.15) is 9.97 Å². The van der Waals surface area contributed by atoms with Gasteiger partial charge in [-0.25, -0.2) is 0 Å². The Balaban J connectivity index is 1.98. The SMILES string of the molecule is CCNc1nc(OC)nc(OCC2CCCC2)n1. The van der Waals surface area contributed by atoms with Crippen LogP contribution in [0, 0.1) is 5.92 Å². The van der Waals surface area contributed by atoms with Crippen LogP contribution in [0.1, 0.15) is 32.6 Å². The molecule has 1 aromatic heterocycles. The maximum Gasteiger partial charge on any atom is 0.324 e. The highest BCUT2D eigenvalue weighted by Gasteiger charge is 2.16. The zero-order valence-corrected chi connectivity index (χ0v) is 11.0. The van der Waals surface area contributed by atoms with Crippen LogP contribution in [0.5, 0.6) is 12.0 Å². The normalized spacial score (nSPS) is 15.7. The van der Waals surface area contributed by atoms with E-state index >= 15 is 0 Å². The number of aromatic nitrogens is 3. The third kappa shape index (κ3) is 3.45. The molecule has 6 nitrogen and oxygen atoms in total. The molecule has 0 saturated heterocycles. The van der Waals surface area contributed by atoms with Gasteiger partial charge in [0.1, 0.15) is 0 Å². The summed E-state index contributed by atoms with van der Waals surface area (Å²) < 4.78 is 10.7. The minimum Gasteiger partial charge on any atom is -0.467 e. The summed E-state index contributed by atoms with van der Waals surface area (Å²) in [6, 6.07) is 0.618. The first-order chi connectivity index (χ1) is 8.81. The molecule has 1 saturated carbocycles. The van der Waals surface area contributed by atoms with E-state index in [2.05, 4.69) is 20.3 Å². The second kappa shape index (κ2) is 6.37. The van der Waals surface area contributed by atoms with Gasteiger partial charge < -0.3 is 14.8 Å². The molecule has 0 atom stereocenters. The van der Waals surface area contributed by atoms with Crippen LogP contribution in [0.15, 0.2) is 0 Å². The van der Waals surface area contributed by atoms with E-state index in [1.807, 2.05) is 6.92 Å². The van der Waals surface area contributed by atoms with E-state index in [0.29, 0.717) is 24.5 Å². The predicted octanol–water partition coefficient (Wildman–Crippen LogP) is 1.88. The molecule has 0 aliphatic heterocycles. The molecule has 1 aromatic rings. The molecule has 1 N–H and O–H groups in total. The van der Waals surface area contributed by atoms with Crippen LogP contribution in [-0.2, 0) is 0 Å². The van der Waals surface area contributed by atoms with Crippen LogP contribution >= 0.6 is 0 Å². The summed E-state index contributed by atoms with van der Waals surface area (Å²) in [5, 5.41) is 3.03. The monoisotopic (exact) mass is 252 g/mol. The Morgan fingerprint density at radius 2 is 1.89 bits per heavy atom. The van der Waals surface area contributed by atoms with E-state index in [1.54, 1.807) is 0 Å². The van der Waals surface area contributed by atoms with Crippen LogP contribution in [0.25, 0.3) is 0 Å². The fourth-order valence-electron chi connectivity index (χ4n) is 2.10. The van der Waals surface area contributed by atoms with Crippen LogP contribution in [-0.4, -0.2) is 35.2 Å². The van der Waals surface area contributed by atoms with Crippen molar-refractivity contribution in [2.24, 2.45) is 5.92 Å². The van der Waals surface area contributed by atoms with Gasteiger partial charge in [-0.1, -0.05) is 12.8 Å². The smallest absolute Gasteiger partial charge is 0.324 e.